The summed E-state index contributed by atoms with van der Waals surface area (Å²) in [5, 5.41) is 13.6. The minimum atomic E-state index is -0.469. The molecule has 172 valence electrons. The van der Waals surface area contributed by atoms with Gasteiger partial charge in [0.25, 0.3) is 0 Å². The molecule has 2 fully saturated rings. The van der Waals surface area contributed by atoms with Crippen LogP contribution in [0.4, 0.5) is 23.5 Å². The number of amides is 1. The summed E-state index contributed by atoms with van der Waals surface area (Å²) in [5.74, 6) is 1.68. The average Bonchev–Trinajstić information content (AvgIpc) is 3.28. The topological polar surface area (TPSA) is 130 Å². The quantitative estimate of drug-likeness (QED) is 0.425. The predicted octanol–water partition coefficient (Wildman–Crippen LogP) is 3.18. The lowest BCUT2D eigenvalue weighted by Gasteiger charge is -2.28. The number of anilines is 4. The Morgan fingerprint density at radius 3 is 2.56 bits per heavy atom. The molecule has 1 saturated heterocycles. The van der Waals surface area contributed by atoms with Gasteiger partial charge in [-0.05, 0) is 63.3 Å². The standard InChI is InChI=1S/C23H34N8O/c1-14-8-9-17(20(24)32)12-19(14)28-23-30-21(26-15(2)16-6-4-3-5-7-16)29-22(31-23)27-18-10-11-25-13-18/h8-9,12,15-16,18,25H,3-7,10-11,13H2,1-2H3,(H2,24,32)(H3,26,27,28,29,30,31)/t15?,18-/m1/s1. The van der Waals surface area contributed by atoms with Crippen molar-refractivity contribution in [1.82, 2.24) is 20.3 Å². The fourth-order valence-electron chi connectivity index (χ4n) is 4.51. The van der Waals surface area contributed by atoms with E-state index in [1.807, 2.05) is 13.0 Å². The third kappa shape index (κ3) is 5.64. The van der Waals surface area contributed by atoms with Crippen LogP contribution in [0.25, 0.3) is 0 Å². The Labute approximate surface area is 189 Å². The van der Waals surface area contributed by atoms with E-state index in [1.54, 1.807) is 12.1 Å². The van der Waals surface area contributed by atoms with Gasteiger partial charge in [-0.1, -0.05) is 25.3 Å². The van der Waals surface area contributed by atoms with Gasteiger partial charge in [0.1, 0.15) is 0 Å². The molecular formula is C23H34N8O. The van der Waals surface area contributed by atoms with Gasteiger partial charge in [0.2, 0.25) is 23.8 Å². The molecule has 32 heavy (non-hydrogen) atoms. The normalized spacial score (nSPS) is 20.0. The monoisotopic (exact) mass is 438 g/mol. The molecule has 2 atom stereocenters. The second-order valence-electron chi connectivity index (χ2n) is 8.99. The number of primary amides is 1. The van der Waals surface area contributed by atoms with E-state index in [0.29, 0.717) is 29.3 Å². The molecule has 1 amide bonds. The van der Waals surface area contributed by atoms with E-state index in [1.165, 1.54) is 32.1 Å². The number of benzene rings is 1. The van der Waals surface area contributed by atoms with Crippen LogP contribution in [0.15, 0.2) is 18.2 Å². The number of nitrogens with one attached hydrogen (secondary N) is 4. The molecule has 4 rings (SSSR count). The summed E-state index contributed by atoms with van der Waals surface area (Å²) in [6.45, 7) is 6.04. The smallest absolute Gasteiger partial charge is 0.248 e. The van der Waals surface area contributed by atoms with Crippen molar-refractivity contribution < 1.29 is 4.79 Å². The number of carbonyl (C=O) groups is 1. The molecule has 1 saturated carbocycles. The van der Waals surface area contributed by atoms with Crippen LogP contribution in [0.1, 0.15) is 61.4 Å². The molecule has 2 aliphatic rings. The van der Waals surface area contributed by atoms with Crippen molar-refractivity contribution >= 4 is 29.4 Å². The second kappa shape index (κ2) is 10.1. The van der Waals surface area contributed by atoms with E-state index in [4.69, 9.17) is 5.73 Å². The highest BCUT2D eigenvalue weighted by Crippen LogP contribution is 2.28. The van der Waals surface area contributed by atoms with Crippen LogP contribution in [-0.2, 0) is 0 Å². The number of rotatable bonds is 8. The van der Waals surface area contributed by atoms with Gasteiger partial charge in [-0.2, -0.15) is 15.0 Å². The van der Waals surface area contributed by atoms with E-state index >= 15 is 0 Å². The van der Waals surface area contributed by atoms with Gasteiger partial charge < -0.3 is 27.0 Å². The highest BCUT2D eigenvalue weighted by atomic mass is 16.1. The van der Waals surface area contributed by atoms with E-state index < -0.39 is 5.91 Å². The zero-order valence-electron chi connectivity index (χ0n) is 18.9. The Balaban J connectivity index is 1.58. The maximum absolute atomic E-state index is 11.6. The fourth-order valence-corrected chi connectivity index (χ4v) is 4.51. The molecule has 1 aromatic heterocycles. The van der Waals surface area contributed by atoms with Gasteiger partial charge in [-0.25, -0.2) is 0 Å². The summed E-state index contributed by atoms with van der Waals surface area (Å²) in [5.41, 5.74) is 7.60. The molecular weight excluding hydrogens is 404 g/mol. The Morgan fingerprint density at radius 2 is 1.84 bits per heavy atom. The van der Waals surface area contributed by atoms with Crippen molar-refractivity contribution in [1.29, 1.82) is 0 Å². The van der Waals surface area contributed by atoms with Gasteiger partial charge in [0.15, 0.2) is 0 Å². The van der Waals surface area contributed by atoms with Crippen molar-refractivity contribution in [2.75, 3.05) is 29.0 Å². The number of carbonyl (C=O) groups excluding carboxylic acids is 1. The second-order valence-corrected chi connectivity index (χ2v) is 8.99. The summed E-state index contributed by atoms with van der Waals surface area (Å²) in [6, 6.07) is 5.87. The lowest BCUT2D eigenvalue weighted by atomic mass is 9.85. The Hall–Kier alpha value is -2.94. The molecule has 9 nitrogen and oxygen atoms in total. The Bertz CT molecular complexity index is 938. The zero-order valence-corrected chi connectivity index (χ0v) is 18.9. The van der Waals surface area contributed by atoms with Gasteiger partial charge in [-0.15, -0.1) is 0 Å². The van der Waals surface area contributed by atoms with Crippen LogP contribution in [0.5, 0.6) is 0 Å². The fraction of sp³-hybridized carbons (Fsp3) is 0.565. The zero-order chi connectivity index (χ0) is 22.5. The first kappa shape index (κ1) is 22.3. The maximum atomic E-state index is 11.6. The lowest BCUT2D eigenvalue weighted by Crippen LogP contribution is -2.29. The largest absolute Gasteiger partial charge is 0.366 e. The Morgan fingerprint density at radius 1 is 1.09 bits per heavy atom. The van der Waals surface area contributed by atoms with E-state index in [2.05, 4.69) is 43.1 Å². The summed E-state index contributed by atoms with van der Waals surface area (Å²) in [4.78, 5) is 25.5. The van der Waals surface area contributed by atoms with Crippen molar-refractivity contribution in [2.24, 2.45) is 11.7 Å². The molecule has 1 aromatic carbocycles. The minimum Gasteiger partial charge on any atom is -0.366 e. The van der Waals surface area contributed by atoms with E-state index in [0.717, 1.165) is 30.8 Å². The van der Waals surface area contributed by atoms with Crippen LogP contribution < -0.4 is 27.0 Å². The summed E-state index contributed by atoms with van der Waals surface area (Å²) in [6.07, 6.45) is 7.41. The van der Waals surface area contributed by atoms with Crippen molar-refractivity contribution in [3.05, 3.63) is 29.3 Å². The molecule has 2 heterocycles. The number of aryl methyl sites for hydroxylation is 1. The first-order chi connectivity index (χ1) is 15.5. The van der Waals surface area contributed by atoms with Crippen LogP contribution in [-0.4, -0.2) is 46.0 Å². The molecule has 1 aliphatic carbocycles. The first-order valence-electron chi connectivity index (χ1n) is 11.7. The first-order valence-corrected chi connectivity index (χ1v) is 11.7. The SMILES string of the molecule is Cc1ccc(C(N)=O)cc1Nc1nc(NC(C)C2CCCCC2)nc(N[C@@H]2CCNC2)n1. The molecule has 1 unspecified atom stereocenters. The third-order valence-corrected chi connectivity index (χ3v) is 6.51. The molecule has 6 N–H and O–H groups in total. The Kier molecular flexibility index (Phi) is 7.04. The predicted molar refractivity (Wildman–Crippen MR) is 127 cm³/mol. The highest BCUT2D eigenvalue weighted by molar-refractivity contribution is 5.94. The van der Waals surface area contributed by atoms with E-state index in [-0.39, 0.29) is 12.1 Å². The summed E-state index contributed by atoms with van der Waals surface area (Å²) < 4.78 is 0. The average molecular weight is 439 g/mol. The van der Waals surface area contributed by atoms with E-state index in [9.17, 15) is 4.79 Å². The number of hydrogen-bond acceptors (Lipinski definition) is 8. The molecule has 0 radical (unpaired) electrons. The van der Waals surface area contributed by atoms with Crippen molar-refractivity contribution in [3.63, 3.8) is 0 Å². The van der Waals surface area contributed by atoms with Gasteiger partial charge >= 0.3 is 0 Å². The van der Waals surface area contributed by atoms with Crippen LogP contribution in [0.2, 0.25) is 0 Å². The maximum Gasteiger partial charge on any atom is 0.248 e. The van der Waals surface area contributed by atoms with Crippen LogP contribution >= 0.6 is 0 Å². The summed E-state index contributed by atoms with van der Waals surface area (Å²) >= 11 is 0. The highest BCUT2D eigenvalue weighted by Gasteiger charge is 2.22. The van der Waals surface area contributed by atoms with Gasteiger partial charge in [0.05, 0.1) is 0 Å². The van der Waals surface area contributed by atoms with Crippen molar-refractivity contribution in [3.8, 4) is 0 Å². The molecule has 0 spiro atoms. The number of nitrogens with zero attached hydrogens (tertiary/aromatic N) is 3. The number of hydrogen-bond donors (Lipinski definition) is 5. The third-order valence-electron chi connectivity index (χ3n) is 6.51. The van der Waals surface area contributed by atoms with Gasteiger partial charge in [0, 0.05) is 29.9 Å². The molecule has 1 aliphatic heterocycles. The molecule has 0 bridgehead atoms. The summed E-state index contributed by atoms with van der Waals surface area (Å²) in [7, 11) is 0. The molecule has 2 aromatic rings. The number of aromatic nitrogens is 3. The van der Waals surface area contributed by atoms with Crippen LogP contribution in [0, 0.1) is 12.8 Å². The number of nitrogens with two attached hydrogens (primary N) is 1. The minimum absolute atomic E-state index is 0.284. The van der Waals surface area contributed by atoms with Gasteiger partial charge in [-0.3, -0.25) is 4.79 Å². The van der Waals surface area contributed by atoms with Crippen molar-refractivity contribution in [2.45, 2.75) is 64.5 Å². The molecule has 9 heteroatoms. The van der Waals surface area contributed by atoms with Crippen LogP contribution in [0.3, 0.4) is 0 Å². The lowest BCUT2D eigenvalue weighted by molar-refractivity contribution is 0.100.